The van der Waals surface area contributed by atoms with Gasteiger partial charge >= 0.3 is 6.18 Å². The van der Waals surface area contributed by atoms with Crippen LogP contribution in [-0.4, -0.2) is 20.0 Å². The molecule has 0 N–H and O–H groups in total. The van der Waals surface area contributed by atoms with Crippen LogP contribution in [0.25, 0.3) is 10.8 Å². The summed E-state index contributed by atoms with van der Waals surface area (Å²) >= 11 is 1.47. The number of hydrogen-bond acceptors (Lipinski definition) is 5. The summed E-state index contributed by atoms with van der Waals surface area (Å²) in [6, 6.07) is 4.75. The van der Waals surface area contributed by atoms with Crippen molar-refractivity contribution in [2.45, 2.75) is 26.1 Å². The fraction of sp³-hybridized carbons (Fsp3) is 0.308. The molecular weight excluding hydrogens is 317 g/mol. The van der Waals surface area contributed by atoms with E-state index in [0.717, 1.165) is 10.9 Å². The van der Waals surface area contributed by atoms with Crippen LogP contribution in [0.1, 0.15) is 17.3 Å². The van der Waals surface area contributed by atoms with E-state index in [-0.39, 0.29) is 6.54 Å². The molecule has 0 spiro atoms. The number of rotatable bonds is 4. The number of hydrogen-bond donors (Lipinski definition) is 0. The Morgan fingerprint density at radius 2 is 2.14 bits per heavy atom. The van der Waals surface area contributed by atoms with Gasteiger partial charge in [-0.1, -0.05) is 6.07 Å². The summed E-state index contributed by atoms with van der Waals surface area (Å²) in [6.45, 7) is 1.82. The Labute approximate surface area is 127 Å². The van der Waals surface area contributed by atoms with E-state index in [1.54, 1.807) is 6.92 Å². The third kappa shape index (κ3) is 3.03. The molecule has 0 fully saturated rings. The molecule has 0 aliphatic carbocycles. The third-order valence-electron chi connectivity index (χ3n) is 3.01. The van der Waals surface area contributed by atoms with Gasteiger partial charge in [0.1, 0.15) is 0 Å². The predicted octanol–water partition coefficient (Wildman–Crippen LogP) is 3.56. The van der Waals surface area contributed by atoms with E-state index in [2.05, 4.69) is 15.3 Å². The van der Waals surface area contributed by atoms with E-state index in [4.69, 9.17) is 4.42 Å². The normalized spacial score (nSPS) is 12.0. The Hall–Kier alpha value is -2.16. The van der Waals surface area contributed by atoms with Gasteiger partial charge in [0, 0.05) is 18.7 Å². The molecule has 5 nitrogen and oxygen atoms in total. The molecule has 116 valence electrons. The Kier molecular flexibility index (Phi) is 3.73. The number of aryl methyl sites for hydroxylation is 3. The van der Waals surface area contributed by atoms with Crippen LogP contribution < -0.4 is 0 Å². The molecule has 0 atom stereocenters. The fourth-order valence-electron chi connectivity index (χ4n) is 1.93. The molecule has 0 bridgehead atoms. The lowest BCUT2D eigenvalue weighted by Gasteiger charge is -2.02. The van der Waals surface area contributed by atoms with Crippen LogP contribution >= 0.6 is 11.3 Å². The zero-order valence-electron chi connectivity index (χ0n) is 11.5. The van der Waals surface area contributed by atoms with Crippen molar-refractivity contribution >= 4 is 11.3 Å². The van der Waals surface area contributed by atoms with E-state index >= 15 is 0 Å². The second-order valence-corrected chi connectivity index (χ2v) is 5.57. The zero-order chi connectivity index (χ0) is 15.7. The highest BCUT2D eigenvalue weighted by molar-refractivity contribution is 7.13. The molecule has 0 saturated heterocycles. The van der Waals surface area contributed by atoms with Crippen molar-refractivity contribution in [2.75, 3.05) is 0 Å². The summed E-state index contributed by atoms with van der Waals surface area (Å²) in [7, 11) is 0. The Morgan fingerprint density at radius 3 is 2.77 bits per heavy atom. The van der Waals surface area contributed by atoms with Gasteiger partial charge in [-0.2, -0.15) is 18.3 Å². The molecule has 0 unspecified atom stereocenters. The fourth-order valence-corrected chi connectivity index (χ4v) is 2.58. The Bertz CT molecular complexity index is 761. The second-order valence-electron chi connectivity index (χ2n) is 4.62. The first-order chi connectivity index (χ1) is 10.4. The van der Waals surface area contributed by atoms with Gasteiger partial charge < -0.3 is 4.42 Å². The summed E-state index contributed by atoms with van der Waals surface area (Å²) < 4.78 is 44.5. The Balaban J connectivity index is 1.69. The van der Waals surface area contributed by atoms with Crippen LogP contribution in [0, 0.1) is 6.92 Å². The third-order valence-corrected chi connectivity index (χ3v) is 3.87. The maximum Gasteiger partial charge on any atom is 0.435 e. The molecular formula is C13H11F3N4OS. The largest absolute Gasteiger partial charge is 0.435 e. The minimum atomic E-state index is -4.44. The average molecular weight is 328 g/mol. The highest BCUT2D eigenvalue weighted by Gasteiger charge is 2.34. The number of thiophene rings is 1. The van der Waals surface area contributed by atoms with Gasteiger partial charge in [0.05, 0.1) is 4.88 Å². The first-order valence-electron chi connectivity index (χ1n) is 6.41. The molecule has 0 aromatic carbocycles. The lowest BCUT2D eigenvalue weighted by Crippen LogP contribution is -2.09. The molecule has 0 aliphatic rings. The Morgan fingerprint density at radius 1 is 1.32 bits per heavy atom. The molecule has 0 aliphatic heterocycles. The van der Waals surface area contributed by atoms with Crippen molar-refractivity contribution in [3.05, 3.63) is 40.9 Å². The first kappa shape index (κ1) is 14.8. The smallest absolute Gasteiger partial charge is 0.420 e. The topological polar surface area (TPSA) is 56.7 Å². The first-order valence-corrected chi connectivity index (χ1v) is 7.29. The van der Waals surface area contributed by atoms with Crippen molar-refractivity contribution in [3.8, 4) is 10.8 Å². The van der Waals surface area contributed by atoms with Crippen LogP contribution in [0.3, 0.4) is 0 Å². The minimum Gasteiger partial charge on any atom is -0.420 e. The minimum absolute atomic E-state index is 0.244. The number of aromatic nitrogens is 4. The summed E-state index contributed by atoms with van der Waals surface area (Å²) in [5.41, 5.74) is -0.458. The molecule has 3 rings (SSSR count). The van der Waals surface area contributed by atoms with Gasteiger partial charge in [0.15, 0.2) is 5.69 Å². The maximum atomic E-state index is 12.6. The van der Waals surface area contributed by atoms with E-state index < -0.39 is 11.9 Å². The number of nitrogens with zero attached hydrogens (tertiary/aromatic N) is 4. The molecule has 3 aromatic rings. The molecule has 22 heavy (non-hydrogen) atoms. The van der Waals surface area contributed by atoms with Crippen molar-refractivity contribution in [3.63, 3.8) is 0 Å². The molecule has 9 heteroatoms. The second kappa shape index (κ2) is 5.56. The highest BCUT2D eigenvalue weighted by atomic mass is 32.1. The standard InChI is InChI=1S/C13H11F3N4OS/c1-8-7-10(13(14,15)16)19-20(8)5-4-11-17-18-12(21-11)9-3-2-6-22-9/h2-3,6-7H,4-5H2,1H3. The SMILES string of the molecule is Cc1cc(C(F)(F)F)nn1CCc1nnc(-c2cccs2)o1. The molecule has 3 aromatic heterocycles. The number of halogens is 3. The van der Waals surface area contributed by atoms with E-state index in [0.29, 0.717) is 23.9 Å². The predicted molar refractivity (Wildman–Crippen MR) is 73.3 cm³/mol. The van der Waals surface area contributed by atoms with Gasteiger partial charge in [-0.15, -0.1) is 21.5 Å². The van der Waals surface area contributed by atoms with Crippen LogP contribution in [-0.2, 0) is 19.1 Å². The number of alkyl halides is 3. The lowest BCUT2D eigenvalue weighted by molar-refractivity contribution is -0.141. The monoisotopic (exact) mass is 328 g/mol. The van der Waals surface area contributed by atoms with Crippen molar-refractivity contribution in [1.29, 1.82) is 0 Å². The lowest BCUT2D eigenvalue weighted by atomic mass is 10.3. The zero-order valence-corrected chi connectivity index (χ0v) is 12.3. The van der Waals surface area contributed by atoms with Crippen LogP contribution in [0.15, 0.2) is 28.0 Å². The summed E-state index contributed by atoms with van der Waals surface area (Å²) in [5.74, 6) is 0.782. The van der Waals surface area contributed by atoms with Crippen molar-refractivity contribution in [1.82, 2.24) is 20.0 Å². The van der Waals surface area contributed by atoms with Crippen molar-refractivity contribution < 1.29 is 17.6 Å². The van der Waals surface area contributed by atoms with Crippen molar-refractivity contribution in [2.24, 2.45) is 0 Å². The van der Waals surface area contributed by atoms with Crippen LogP contribution in [0.4, 0.5) is 13.2 Å². The quantitative estimate of drug-likeness (QED) is 0.735. The van der Waals surface area contributed by atoms with E-state index in [9.17, 15) is 13.2 Å². The van der Waals surface area contributed by atoms with E-state index in [1.165, 1.54) is 16.0 Å². The van der Waals surface area contributed by atoms with Gasteiger partial charge in [-0.3, -0.25) is 4.68 Å². The van der Waals surface area contributed by atoms with Gasteiger partial charge in [0.2, 0.25) is 5.89 Å². The molecule has 3 heterocycles. The van der Waals surface area contributed by atoms with Gasteiger partial charge in [-0.25, -0.2) is 0 Å². The van der Waals surface area contributed by atoms with Gasteiger partial charge in [-0.05, 0) is 24.4 Å². The summed E-state index contributed by atoms with van der Waals surface area (Å²) in [4.78, 5) is 0.855. The molecule has 0 radical (unpaired) electrons. The molecule has 0 saturated carbocycles. The van der Waals surface area contributed by atoms with E-state index in [1.807, 2.05) is 17.5 Å². The van der Waals surface area contributed by atoms with Crippen LogP contribution in [0.2, 0.25) is 0 Å². The average Bonchev–Trinajstić information content (AvgIpc) is 3.16. The summed E-state index contributed by atoms with van der Waals surface area (Å²) in [5, 5.41) is 13.3. The molecule has 0 amide bonds. The van der Waals surface area contributed by atoms with Gasteiger partial charge in [0.25, 0.3) is 5.89 Å². The van der Waals surface area contributed by atoms with Crippen LogP contribution in [0.5, 0.6) is 0 Å². The maximum absolute atomic E-state index is 12.6. The summed E-state index contributed by atoms with van der Waals surface area (Å²) in [6.07, 6.45) is -4.12. The highest BCUT2D eigenvalue weighted by Crippen LogP contribution is 2.28.